The van der Waals surface area contributed by atoms with Crippen molar-refractivity contribution in [3.8, 4) is 0 Å². The first-order valence-electron chi connectivity index (χ1n) is 8.26. The second kappa shape index (κ2) is 4.64. The van der Waals surface area contributed by atoms with Crippen LogP contribution in [0.15, 0.2) is 24.8 Å². The Hall–Kier alpha value is -2.21. The van der Waals surface area contributed by atoms with Crippen molar-refractivity contribution in [3.63, 3.8) is 0 Å². The maximum atomic E-state index is 4.66. The quantitative estimate of drug-likeness (QED) is 0.727. The summed E-state index contributed by atoms with van der Waals surface area (Å²) in [5, 5.41) is 4.66. The predicted molar refractivity (Wildman–Crippen MR) is 85.9 cm³/mol. The molecule has 2 aliphatic rings. The van der Waals surface area contributed by atoms with Gasteiger partial charge < -0.3 is 4.57 Å². The summed E-state index contributed by atoms with van der Waals surface area (Å²) < 4.78 is 4.19. The number of rotatable bonds is 2. The van der Waals surface area contributed by atoms with Crippen LogP contribution in [0.25, 0.3) is 5.65 Å². The Bertz CT molecular complexity index is 892. The minimum atomic E-state index is 0.458. The van der Waals surface area contributed by atoms with Gasteiger partial charge in [0.1, 0.15) is 0 Å². The van der Waals surface area contributed by atoms with Gasteiger partial charge in [0.05, 0.1) is 23.4 Å². The molecule has 23 heavy (non-hydrogen) atoms. The molecule has 0 N–H and O–H groups in total. The molecule has 0 radical (unpaired) electrons. The van der Waals surface area contributed by atoms with E-state index in [4.69, 9.17) is 0 Å². The zero-order valence-corrected chi connectivity index (χ0v) is 13.5. The van der Waals surface area contributed by atoms with Crippen LogP contribution < -0.4 is 0 Å². The molecular weight excluding hydrogens is 288 g/mol. The van der Waals surface area contributed by atoms with Gasteiger partial charge in [-0.25, -0.2) is 14.5 Å². The first-order chi connectivity index (χ1) is 11.2. The third-order valence-corrected chi connectivity index (χ3v) is 5.43. The number of hydrogen-bond donors (Lipinski definition) is 0. The molecule has 3 aromatic heterocycles. The minimum Gasteiger partial charge on any atom is -0.337 e. The van der Waals surface area contributed by atoms with Crippen molar-refractivity contribution in [2.45, 2.75) is 44.8 Å². The molecule has 0 saturated carbocycles. The van der Waals surface area contributed by atoms with Gasteiger partial charge in [-0.15, -0.1) is 0 Å². The molecule has 118 valence electrons. The van der Waals surface area contributed by atoms with E-state index in [9.17, 15) is 0 Å². The summed E-state index contributed by atoms with van der Waals surface area (Å²) >= 11 is 0. The molecule has 6 nitrogen and oxygen atoms in total. The molecule has 2 bridgehead atoms. The zero-order valence-electron chi connectivity index (χ0n) is 13.5. The normalized spacial score (nSPS) is 23.6. The summed E-state index contributed by atoms with van der Waals surface area (Å²) in [5.74, 6) is 0. The molecule has 2 aliphatic heterocycles. The van der Waals surface area contributed by atoms with Crippen LogP contribution in [0.1, 0.15) is 41.5 Å². The third-order valence-electron chi connectivity index (χ3n) is 5.43. The highest BCUT2D eigenvalue weighted by molar-refractivity contribution is 5.44. The topological polar surface area (TPSA) is 51.2 Å². The van der Waals surface area contributed by atoms with Crippen molar-refractivity contribution < 1.29 is 0 Å². The van der Waals surface area contributed by atoms with Crippen molar-refractivity contribution in [3.05, 3.63) is 47.4 Å². The van der Waals surface area contributed by atoms with Crippen molar-refractivity contribution in [1.82, 2.24) is 29.0 Å². The van der Waals surface area contributed by atoms with E-state index in [2.05, 4.69) is 48.4 Å². The second-order valence-corrected chi connectivity index (χ2v) is 6.84. The minimum absolute atomic E-state index is 0.458. The molecule has 5 rings (SSSR count). The van der Waals surface area contributed by atoms with Gasteiger partial charge in [-0.2, -0.15) is 5.10 Å². The van der Waals surface area contributed by atoms with Crippen LogP contribution >= 0.6 is 0 Å². The van der Waals surface area contributed by atoms with E-state index < -0.39 is 0 Å². The van der Waals surface area contributed by atoms with Crippen molar-refractivity contribution in [2.75, 3.05) is 0 Å². The molecule has 1 fully saturated rings. The summed E-state index contributed by atoms with van der Waals surface area (Å²) in [6.07, 6.45) is 9.46. The fourth-order valence-electron chi connectivity index (χ4n) is 4.27. The fraction of sp³-hybridized carbons (Fsp3) is 0.471. The SMILES string of the molecule is Cc1cc2ncc3c(n2n1)C[C@H]1CC[C@H]3N1Cc1cncn1C. The van der Waals surface area contributed by atoms with Gasteiger partial charge in [-0.05, 0) is 19.8 Å². The largest absolute Gasteiger partial charge is 0.337 e. The van der Waals surface area contributed by atoms with Crippen LogP contribution in [0.3, 0.4) is 0 Å². The first-order valence-corrected chi connectivity index (χ1v) is 8.26. The van der Waals surface area contributed by atoms with Gasteiger partial charge in [-0.1, -0.05) is 0 Å². The molecule has 0 aliphatic carbocycles. The highest BCUT2D eigenvalue weighted by Gasteiger charge is 2.41. The number of aromatic nitrogens is 5. The molecule has 0 spiro atoms. The van der Waals surface area contributed by atoms with Crippen LogP contribution in [0.2, 0.25) is 0 Å². The summed E-state index contributed by atoms with van der Waals surface area (Å²) in [4.78, 5) is 11.5. The summed E-state index contributed by atoms with van der Waals surface area (Å²) in [6.45, 7) is 2.99. The van der Waals surface area contributed by atoms with Gasteiger partial charge in [-0.3, -0.25) is 4.90 Å². The third kappa shape index (κ3) is 1.88. The Morgan fingerprint density at radius 3 is 3.00 bits per heavy atom. The van der Waals surface area contributed by atoms with Gasteiger partial charge in [0, 0.05) is 56.1 Å². The van der Waals surface area contributed by atoms with E-state index in [1.807, 2.05) is 19.4 Å². The first kappa shape index (κ1) is 13.2. The maximum absolute atomic E-state index is 4.66. The maximum Gasteiger partial charge on any atom is 0.155 e. The Morgan fingerprint density at radius 1 is 1.26 bits per heavy atom. The Labute approximate surface area is 134 Å². The van der Waals surface area contributed by atoms with Crippen LogP contribution in [-0.2, 0) is 20.0 Å². The van der Waals surface area contributed by atoms with E-state index >= 15 is 0 Å². The lowest BCUT2D eigenvalue weighted by molar-refractivity contribution is 0.161. The molecule has 0 amide bonds. The Balaban J connectivity index is 1.57. The molecule has 0 aromatic carbocycles. The lowest BCUT2D eigenvalue weighted by atomic mass is 9.99. The van der Waals surface area contributed by atoms with Crippen LogP contribution in [0, 0.1) is 6.92 Å². The van der Waals surface area contributed by atoms with E-state index in [1.165, 1.54) is 29.8 Å². The van der Waals surface area contributed by atoms with Crippen molar-refractivity contribution in [2.24, 2.45) is 7.05 Å². The Morgan fingerprint density at radius 2 is 2.17 bits per heavy atom. The van der Waals surface area contributed by atoms with E-state index in [1.54, 1.807) is 0 Å². The molecule has 2 atom stereocenters. The van der Waals surface area contributed by atoms with E-state index in [-0.39, 0.29) is 0 Å². The van der Waals surface area contributed by atoms with E-state index in [0.29, 0.717) is 12.1 Å². The zero-order chi connectivity index (χ0) is 15.6. The molecule has 5 heterocycles. The van der Waals surface area contributed by atoms with Crippen LogP contribution in [0.5, 0.6) is 0 Å². The lowest BCUT2D eigenvalue weighted by Crippen LogP contribution is -2.38. The monoisotopic (exact) mass is 308 g/mol. The van der Waals surface area contributed by atoms with Gasteiger partial charge in [0.15, 0.2) is 5.65 Å². The number of nitrogens with zero attached hydrogens (tertiary/aromatic N) is 6. The van der Waals surface area contributed by atoms with Crippen molar-refractivity contribution in [1.29, 1.82) is 0 Å². The van der Waals surface area contributed by atoms with Gasteiger partial charge in [0.25, 0.3) is 0 Å². The average Bonchev–Trinajstić information content (AvgIpc) is 3.18. The number of aryl methyl sites for hydroxylation is 2. The van der Waals surface area contributed by atoms with Crippen LogP contribution in [0.4, 0.5) is 0 Å². The second-order valence-electron chi connectivity index (χ2n) is 6.84. The summed E-state index contributed by atoms with van der Waals surface area (Å²) in [7, 11) is 2.07. The van der Waals surface area contributed by atoms with Crippen LogP contribution in [-0.4, -0.2) is 35.1 Å². The highest BCUT2D eigenvalue weighted by Crippen LogP contribution is 2.44. The van der Waals surface area contributed by atoms with Crippen molar-refractivity contribution >= 4 is 5.65 Å². The molecule has 6 heteroatoms. The fourth-order valence-corrected chi connectivity index (χ4v) is 4.27. The Kier molecular flexibility index (Phi) is 2.68. The molecular formula is C17H20N6. The van der Waals surface area contributed by atoms with Gasteiger partial charge >= 0.3 is 0 Å². The summed E-state index contributed by atoms with van der Waals surface area (Å²) in [6, 6.07) is 3.11. The smallest absolute Gasteiger partial charge is 0.155 e. The average molecular weight is 308 g/mol. The molecule has 3 aromatic rings. The van der Waals surface area contributed by atoms with Gasteiger partial charge in [0.2, 0.25) is 0 Å². The van der Waals surface area contributed by atoms with E-state index in [0.717, 1.165) is 24.3 Å². The number of fused-ring (bicyclic) bond motifs is 6. The highest BCUT2D eigenvalue weighted by atomic mass is 15.3. The summed E-state index contributed by atoms with van der Waals surface area (Å²) in [5.41, 5.74) is 6.00. The number of hydrogen-bond acceptors (Lipinski definition) is 4. The lowest BCUT2D eigenvalue weighted by Gasteiger charge is -2.36. The molecule has 1 saturated heterocycles. The standard InChI is InChI=1S/C17H20N6/c1-11-5-17-19-8-14-15-4-3-12(6-16(14)23(17)20-11)22(15)9-13-7-18-10-21(13)2/h5,7-8,10,12,15H,3-4,6,9H2,1-2H3/t12-,15-/m1/s1. The predicted octanol–water partition coefficient (Wildman–Crippen LogP) is 2.03. The number of imidazole rings is 1. The molecule has 0 unspecified atom stereocenters.